The predicted molar refractivity (Wildman–Crippen MR) is 62.4 cm³/mol. The van der Waals surface area contributed by atoms with Gasteiger partial charge in [-0.25, -0.2) is 18.6 Å². The average molecular weight is 267 g/mol. The Morgan fingerprint density at radius 2 is 2.11 bits per heavy atom. The quantitative estimate of drug-likeness (QED) is 0.866. The minimum absolute atomic E-state index is 0.0192. The van der Waals surface area contributed by atoms with E-state index in [1.807, 2.05) is 0 Å². The molecule has 1 aromatic carbocycles. The third kappa shape index (κ3) is 2.59. The van der Waals surface area contributed by atoms with E-state index in [9.17, 15) is 13.6 Å². The second-order valence-corrected chi connectivity index (χ2v) is 3.81. The van der Waals surface area contributed by atoms with Gasteiger partial charge in [-0.15, -0.1) is 0 Å². The van der Waals surface area contributed by atoms with Gasteiger partial charge in [-0.05, 0) is 25.5 Å². The van der Waals surface area contributed by atoms with Crippen molar-refractivity contribution in [1.29, 1.82) is 0 Å². The molecule has 0 atom stereocenters. The maximum atomic E-state index is 13.6. The Hall–Kier alpha value is -2.31. The molecule has 7 heteroatoms. The van der Waals surface area contributed by atoms with E-state index in [1.54, 1.807) is 6.92 Å². The Labute approximate surface area is 107 Å². The van der Waals surface area contributed by atoms with Gasteiger partial charge in [-0.3, -0.25) is 5.10 Å². The molecule has 0 fully saturated rings. The maximum absolute atomic E-state index is 13.6. The Kier molecular flexibility index (Phi) is 3.55. The van der Waals surface area contributed by atoms with Crippen LogP contribution in [0.4, 0.5) is 8.78 Å². The van der Waals surface area contributed by atoms with E-state index in [4.69, 9.17) is 4.74 Å². The molecular weight excluding hydrogens is 256 g/mol. The van der Waals surface area contributed by atoms with Crippen molar-refractivity contribution in [2.75, 3.05) is 6.61 Å². The van der Waals surface area contributed by atoms with Gasteiger partial charge < -0.3 is 4.74 Å². The number of carbonyl (C=O) groups is 1. The van der Waals surface area contributed by atoms with Gasteiger partial charge in [-0.2, -0.15) is 5.10 Å². The molecule has 0 bridgehead atoms. The largest absolute Gasteiger partial charge is 0.460 e. The van der Waals surface area contributed by atoms with Crippen molar-refractivity contribution in [3.63, 3.8) is 0 Å². The summed E-state index contributed by atoms with van der Waals surface area (Å²) in [5.74, 6) is -2.28. The smallest absolute Gasteiger partial charge is 0.375 e. The number of esters is 1. The number of aromatic nitrogens is 3. The highest BCUT2D eigenvalue weighted by Gasteiger charge is 2.17. The molecule has 0 unspecified atom stereocenters. The number of rotatable bonds is 3. The highest BCUT2D eigenvalue weighted by molar-refractivity contribution is 5.85. The van der Waals surface area contributed by atoms with Gasteiger partial charge in [0.2, 0.25) is 5.82 Å². The summed E-state index contributed by atoms with van der Waals surface area (Å²) in [4.78, 5) is 15.2. The fourth-order valence-corrected chi connectivity index (χ4v) is 1.50. The van der Waals surface area contributed by atoms with E-state index < -0.39 is 17.6 Å². The first-order valence-corrected chi connectivity index (χ1v) is 5.58. The summed E-state index contributed by atoms with van der Waals surface area (Å²) in [7, 11) is 0. The van der Waals surface area contributed by atoms with Crippen molar-refractivity contribution in [3.8, 4) is 11.4 Å². The molecular formula is C12H11F2N3O2. The standard InChI is InChI=1S/C12H11F2N3O2/c1-3-19-12(18)11-15-10(16-17-11)7-4-6(2)8(13)5-9(7)14/h4-5H,3H2,1-2H3,(H,15,16,17). The van der Waals surface area contributed by atoms with E-state index in [0.29, 0.717) is 0 Å². The number of carbonyl (C=O) groups excluding carboxylic acids is 1. The van der Waals surface area contributed by atoms with Crippen LogP contribution < -0.4 is 0 Å². The summed E-state index contributed by atoms with van der Waals surface area (Å²) in [6.45, 7) is 3.34. The normalized spacial score (nSPS) is 10.5. The lowest BCUT2D eigenvalue weighted by Crippen LogP contribution is -2.06. The van der Waals surface area contributed by atoms with Gasteiger partial charge in [0.15, 0.2) is 5.82 Å². The van der Waals surface area contributed by atoms with Gasteiger partial charge in [0, 0.05) is 6.07 Å². The molecule has 0 radical (unpaired) electrons. The van der Waals surface area contributed by atoms with E-state index in [-0.39, 0.29) is 29.4 Å². The first-order valence-electron chi connectivity index (χ1n) is 5.58. The summed E-state index contributed by atoms with van der Waals surface area (Å²) < 4.78 is 31.5. The Morgan fingerprint density at radius 1 is 1.37 bits per heavy atom. The zero-order valence-electron chi connectivity index (χ0n) is 10.3. The van der Waals surface area contributed by atoms with Crippen molar-refractivity contribution in [2.24, 2.45) is 0 Å². The Bertz CT molecular complexity index is 625. The lowest BCUT2D eigenvalue weighted by Gasteiger charge is -2.01. The molecule has 0 saturated heterocycles. The Morgan fingerprint density at radius 3 is 2.79 bits per heavy atom. The van der Waals surface area contributed by atoms with Crippen molar-refractivity contribution in [2.45, 2.75) is 13.8 Å². The summed E-state index contributed by atoms with van der Waals surface area (Å²) in [5.41, 5.74) is 0.282. The molecule has 2 rings (SSSR count). The second kappa shape index (κ2) is 5.13. The van der Waals surface area contributed by atoms with E-state index in [1.165, 1.54) is 13.0 Å². The van der Waals surface area contributed by atoms with Crippen LogP contribution >= 0.6 is 0 Å². The molecule has 2 aromatic rings. The van der Waals surface area contributed by atoms with Crippen LogP contribution in [0.5, 0.6) is 0 Å². The highest BCUT2D eigenvalue weighted by atomic mass is 19.1. The van der Waals surface area contributed by atoms with Gasteiger partial charge in [0.25, 0.3) is 0 Å². The summed E-state index contributed by atoms with van der Waals surface area (Å²) in [6, 6.07) is 2.04. The van der Waals surface area contributed by atoms with Crippen LogP contribution in [0.25, 0.3) is 11.4 Å². The van der Waals surface area contributed by atoms with Crippen molar-refractivity contribution >= 4 is 5.97 Å². The van der Waals surface area contributed by atoms with E-state index >= 15 is 0 Å². The lowest BCUT2D eigenvalue weighted by atomic mass is 10.1. The Balaban J connectivity index is 2.38. The number of hydrogen-bond donors (Lipinski definition) is 1. The molecule has 0 aliphatic carbocycles. The van der Waals surface area contributed by atoms with Crippen LogP contribution in [-0.4, -0.2) is 27.8 Å². The van der Waals surface area contributed by atoms with Crippen LogP contribution in [0, 0.1) is 18.6 Å². The van der Waals surface area contributed by atoms with Gasteiger partial charge in [0.05, 0.1) is 12.2 Å². The summed E-state index contributed by atoms with van der Waals surface area (Å²) >= 11 is 0. The van der Waals surface area contributed by atoms with Crippen LogP contribution in [0.1, 0.15) is 23.1 Å². The first-order chi connectivity index (χ1) is 9.02. The zero-order valence-corrected chi connectivity index (χ0v) is 10.3. The maximum Gasteiger partial charge on any atom is 0.375 e. The fraction of sp³-hybridized carbons (Fsp3) is 0.250. The van der Waals surface area contributed by atoms with Gasteiger partial charge >= 0.3 is 5.97 Å². The second-order valence-electron chi connectivity index (χ2n) is 3.81. The molecule has 100 valence electrons. The fourth-order valence-electron chi connectivity index (χ4n) is 1.50. The molecule has 5 nitrogen and oxygen atoms in total. The number of benzene rings is 1. The highest BCUT2D eigenvalue weighted by Crippen LogP contribution is 2.22. The molecule has 1 aromatic heterocycles. The average Bonchev–Trinajstić information content (AvgIpc) is 2.83. The predicted octanol–water partition coefficient (Wildman–Crippen LogP) is 2.24. The van der Waals surface area contributed by atoms with Gasteiger partial charge in [0.1, 0.15) is 11.6 Å². The number of ether oxygens (including phenoxy) is 1. The van der Waals surface area contributed by atoms with Crippen LogP contribution in [0.15, 0.2) is 12.1 Å². The van der Waals surface area contributed by atoms with E-state index in [0.717, 1.165) is 6.07 Å². The molecule has 1 heterocycles. The molecule has 0 aliphatic heterocycles. The van der Waals surface area contributed by atoms with Crippen LogP contribution in [-0.2, 0) is 4.74 Å². The molecule has 19 heavy (non-hydrogen) atoms. The first kappa shape index (κ1) is 13.1. The van der Waals surface area contributed by atoms with Crippen molar-refractivity contribution in [1.82, 2.24) is 15.2 Å². The SMILES string of the molecule is CCOC(=O)c1nc(-c2cc(C)c(F)cc2F)n[nH]1. The third-order valence-corrected chi connectivity index (χ3v) is 2.44. The molecule has 0 amide bonds. The lowest BCUT2D eigenvalue weighted by molar-refractivity contribution is 0.0512. The number of aryl methyl sites for hydroxylation is 1. The van der Waals surface area contributed by atoms with Gasteiger partial charge in [-0.1, -0.05) is 0 Å². The molecule has 0 spiro atoms. The molecule has 0 aliphatic rings. The van der Waals surface area contributed by atoms with Crippen LogP contribution in [0.3, 0.4) is 0 Å². The number of halogens is 2. The minimum atomic E-state index is -0.794. The number of H-pyrrole nitrogens is 1. The number of nitrogens with one attached hydrogen (secondary N) is 1. The number of hydrogen-bond acceptors (Lipinski definition) is 4. The van der Waals surface area contributed by atoms with Crippen molar-refractivity contribution in [3.05, 3.63) is 35.2 Å². The number of nitrogens with zero attached hydrogens (tertiary/aromatic N) is 2. The summed E-state index contributed by atoms with van der Waals surface area (Å²) in [5, 5.41) is 6.08. The number of aromatic amines is 1. The molecule has 1 N–H and O–H groups in total. The molecule has 0 saturated carbocycles. The van der Waals surface area contributed by atoms with Crippen LogP contribution in [0.2, 0.25) is 0 Å². The zero-order chi connectivity index (χ0) is 14.0. The minimum Gasteiger partial charge on any atom is -0.460 e. The van der Waals surface area contributed by atoms with E-state index in [2.05, 4.69) is 15.2 Å². The topological polar surface area (TPSA) is 67.9 Å². The summed E-state index contributed by atoms with van der Waals surface area (Å²) in [6.07, 6.45) is 0. The monoisotopic (exact) mass is 267 g/mol. The van der Waals surface area contributed by atoms with Crippen molar-refractivity contribution < 1.29 is 18.3 Å². The third-order valence-electron chi connectivity index (χ3n) is 2.44.